The molecule has 0 saturated heterocycles. The monoisotopic (exact) mass is 388 g/mol. The lowest BCUT2D eigenvalue weighted by Crippen LogP contribution is -2.40. The molecule has 7 nitrogen and oxygen atoms in total. The fourth-order valence-electron chi connectivity index (χ4n) is 2.86. The van der Waals surface area contributed by atoms with E-state index in [9.17, 15) is 14.7 Å². The third kappa shape index (κ3) is 5.13. The maximum Gasteiger partial charge on any atom is 0.337 e. The van der Waals surface area contributed by atoms with Gasteiger partial charge >= 0.3 is 5.97 Å². The van der Waals surface area contributed by atoms with Crippen molar-refractivity contribution in [3.05, 3.63) is 47.3 Å². The first-order valence-electron chi connectivity index (χ1n) is 9.06. The van der Waals surface area contributed by atoms with Crippen LogP contribution in [0.25, 0.3) is 5.69 Å². The molecule has 0 fully saturated rings. The Morgan fingerprint density at radius 2 is 1.79 bits per heavy atom. The van der Waals surface area contributed by atoms with Crippen molar-refractivity contribution in [1.82, 2.24) is 9.88 Å². The number of ether oxygens (including phenoxy) is 2. The summed E-state index contributed by atoms with van der Waals surface area (Å²) in [5, 5.41) is 12.5. The summed E-state index contributed by atoms with van der Waals surface area (Å²) in [6, 6.07) is 9.30. The number of aryl methyl sites for hydroxylation is 1. The van der Waals surface area contributed by atoms with Gasteiger partial charge in [0.15, 0.2) is 6.10 Å². The molecule has 2 rings (SSSR count). The van der Waals surface area contributed by atoms with Gasteiger partial charge in [0.1, 0.15) is 11.4 Å². The maximum atomic E-state index is 12.6. The lowest BCUT2D eigenvalue weighted by atomic mass is 10.2. The summed E-state index contributed by atoms with van der Waals surface area (Å²) < 4.78 is 12.2. The summed E-state index contributed by atoms with van der Waals surface area (Å²) in [7, 11) is 1.61. The molecule has 1 amide bonds. The molecule has 2 N–H and O–H groups in total. The standard InChI is InChI=1S/C21H28N2O5/c1-13-11-17(14(2)23(13)15-7-9-16(27-6)10-8-15)19(25)22-12-18(24)20(26)28-21(3,4)5/h7-11,18,24H,12H2,1-6H3,(H,22,25)/t18-/m1/s1. The first kappa shape index (κ1) is 21.5. The van der Waals surface area contributed by atoms with Gasteiger partial charge in [0.2, 0.25) is 0 Å². The van der Waals surface area contributed by atoms with Crippen molar-refractivity contribution in [3.63, 3.8) is 0 Å². The largest absolute Gasteiger partial charge is 0.497 e. The maximum absolute atomic E-state index is 12.6. The summed E-state index contributed by atoms with van der Waals surface area (Å²) >= 11 is 0. The quantitative estimate of drug-likeness (QED) is 0.743. The lowest BCUT2D eigenvalue weighted by molar-refractivity contribution is -0.164. The third-order valence-corrected chi connectivity index (χ3v) is 4.14. The normalized spacial score (nSPS) is 12.4. The van der Waals surface area contributed by atoms with E-state index in [2.05, 4.69) is 5.32 Å². The summed E-state index contributed by atoms with van der Waals surface area (Å²) in [5.74, 6) is -0.382. The number of aliphatic hydroxyl groups excluding tert-OH is 1. The predicted octanol–water partition coefficient (Wildman–Crippen LogP) is 2.54. The number of benzene rings is 1. The highest BCUT2D eigenvalue weighted by atomic mass is 16.6. The molecule has 1 aromatic heterocycles. The average molecular weight is 388 g/mol. The highest BCUT2D eigenvalue weighted by Gasteiger charge is 2.24. The molecule has 0 aliphatic rings. The van der Waals surface area contributed by atoms with E-state index < -0.39 is 17.7 Å². The molecule has 0 aliphatic carbocycles. The molecule has 7 heteroatoms. The predicted molar refractivity (Wildman–Crippen MR) is 106 cm³/mol. The third-order valence-electron chi connectivity index (χ3n) is 4.14. The number of esters is 1. The molecule has 0 saturated carbocycles. The van der Waals surface area contributed by atoms with Crippen molar-refractivity contribution in [2.24, 2.45) is 0 Å². The molecule has 1 heterocycles. The second-order valence-corrected chi connectivity index (χ2v) is 7.58. The zero-order valence-corrected chi connectivity index (χ0v) is 17.2. The number of aromatic nitrogens is 1. The van der Waals surface area contributed by atoms with Gasteiger partial charge in [0.25, 0.3) is 5.91 Å². The fraction of sp³-hybridized carbons (Fsp3) is 0.429. The molecule has 28 heavy (non-hydrogen) atoms. The fourth-order valence-corrected chi connectivity index (χ4v) is 2.86. The number of methoxy groups -OCH3 is 1. The smallest absolute Gasteiger partial charge is 0.337 e. The first-order valence-corrected chi connectivity index (χ1v) is 9.06. The second-order valence-electron chi connectivity index (χ2n) is 7.58. The van der Waals surface area contributed by atoms with Crippen molar-refractivity contribution >= 4 is 11.9 Å². The Morgan fingerprint density at radius 1 is 1.18 bits per heavy atom. The average Bonchev–Trinajstić information content (AvgIpc) is 2.92. The Kier molecular flexibility index (Phi) is 6.51. The molecular formula is C21H28N2O5. The Balaban J connectivity index is 2.11. The van der Waals surface area contributed by atoms with Crippen LogP contribution in [0, 0.1) is 13.8 Å². The van der Waals surface area contributed by atoms with Crippen LogP contribution in [0.4, 0.5) is 0 Å². The van der Waals surface area contributed by atoms with Gasteiger partial charge in [-0.1, -0.05) is 0 Å². The van der Waals surface area contributed by atoms with Crippen LogP contribution in [0.5, 0.6) is 5.75 Å². The SMILES string of the molecule is COc1ccc(-n2c(C)cc(C(=O)NC[C@@H](O)C(=O)OC(C)(C)C)c2C)cc1. The van der Waals surface area contributed by atoms with Gasteiger partial charge in [-0.05, 0) is 65.0 Å². The topological polar surface area (TPSA) is 89.8 Å². The van der Waals surface area contributed by atoms with E-state index in [1.807, 2.05) is 42.7 Å². The van der Waals surface area contributed by atoms with Crippen LogP contribution in [0.1, 0.15) is 42.5 Å². The Morgan fingerprint density at radius 3 is 2.32 bits per heavy atom. The Hall–Kier alpha value is -2.80. The van der Waals surface area contributed by atoms with Crippen LogP contribution >= 0.6 is 0 Å². The van der Waals surface area contributed by atoms with Gasteiger partial charge < -0.3 is 24.5 Å². The molecule has 1 aromatic carbocycles. The first-order chi connectivity index (χ1) is 13.0. The van der Waals surface area contributed by atoms with Gasteiger partial charge in [-0.3, -0.25) is 4.79 Å². The summed E-state index contributed by atoms with van der Waals surface area (Å²) in [6.45, 7) is 8.67. The van der Waals surface area contributed by atoms with E-state index in [-0.39, 0.29) is 12.5 Å². The Labute approximate surface area is 165 Å². The zero-order valence-electron chi connectivity index (χ0n) is 17.2. The van der Waals surface area contributed by atoms with Gasteiger partial charge in [-0.25, -0.2) is 4.79 Å². The highest BCUT2D eigenvalue weighted by Crippen LogP contribution is 2.22. The van der Waals surface area contributed by atoms with Crippen LogP contribution in [0.15, 0.2) is 30.3 Å². The number of nitrogens with one attached hydrogen (secondary N) is 1. The number of aliphatic hydroxyl groups is 1. The van der Waals surface area contributed by atoms with Crippen LogP contribution < -0.4 is 10.1 Å². The molecule has 152 valence electrons. The molecule has 0 aliphatic heterocycles. The van der Waals surface area contributed by atoms with Crippen LogP contribution in [-0.2, 0) is 9.53 Å². The summed E-state index contributed by atoms with van der Waals surface area (Å²) in [4.78, 5) is 24.4. The minimum Gasteiger partial charge on any atom is -0.497 e. The molecule has 2 aromatic rings. The van der Waals surface area contributed by atoms with Crippen LogP contribution in [-0.4, -0.2) is 46.9 Å². The van der Waals surface area contributed by atoms with E-state index in [1.165, 1.54) is 0 Å². The van der Waals surface area contributed by atoms with Gasteiger partial charge in [0, 0.05) is 17.1 Å². The zero-order chi connectivity index (χ0) is 21.1. The number of nitrogens with zero attached hydrogens (tertiary/aromatic N) is 1. The number of hydrogen-bond acceptors (Lipinski definition) is 5. The summed E-state index contributed by atoms with van der Waals surface area (Å²) in [5.41, 5.74) is 2.33. The number of hydrogen-bond donors (Lipinski definition) is 2. The van der Waals surface area contributed by atoms with Crippen LogP contribution in [0.3, 0.4) is 0 Å². The van der Waals surface area contributed by atoms with Crippen LogP contribution in [0.2, 0.25) is 0 Å². The van der Waals surface area contributed by atoms with Crippen molar-refractivity contribution in [3.8, 4) is 11.4 Å². The van der Waals surface area contributed by atoms with Crippen molar-refractivity contribution in [2.75, 3.05) is 13.7 Å². The van der Waals surface area contributed by atoms with Crippen molar-refractivity contribution in [1.29, 1.82) is 0 Å². The molecule has 1 atom stereocenters. The Bertz CT molecular complexity index is 847. The van der Waals surface area contributed by atoms with E-state index in [0.29, 0.717) is 5.56 Å². The van der Waals surface area contributed by atoms with E-state index in [0.717, 1.165) is 22.8 Å². The highest BCUT2D eigenvalue weighted by molar-refractivity contribution is 5.96. The lowest BCUT2D eigenvalue weighted by Gasteiger charge is -2.21. The van der Waals surface area contributed by atoms with E-state index in [4.69, 9.17) is 9.47 Å². The number of rotatable bonds is 6. The van der Waals surface area contributed by atoms with Gasteiger partial charge in [0.05, 0.1) is 19.2 Å². The van der Waals surface area contributed by atoms with E-state index >= 15 is 0 Å². The molecular weight excluding hydrogens is 360 g/mol. The molecule has 0 spiro atoms. The van der Waals surface area contributed by atoms with Crippen molar-refractivity contribution in [2.45, 2.75) is 46.3 Å². The number of carbonyl (C=O) groups excluding carboxylic acids is 2. The second kappa shape index (κ2) is 8.48. The minimum atomic E-state index is -1.42. The molecule has 0 unspecified atom stereocenters. The number of amides is 1. The van der Waals surface area contributed by atoms with Crippen molar-refractivity contribution < 1.29 is 24.2 Å². The molecule has 0 bridgehead atoms. The minimum absolute atomic E-state index is 0.222. The van der Waals surface area contributed by atoms with Gasteiger partial charge in [-0.15, -0.1) is 0 Å². The number of carbonyl (C=O) groups is 2. The summed E-state index contributed by atoms with van der Waals surface area (Å²) in [6.07, 6.45) is -1.42. The van der Waals surface area contributed by atoms with Gasteiger partial charge in [-0.2, -0.15) is 0 Å². The molecule has 0 radical (unpaired) electrons. The van der Waals surface area contributed by atoms with E-state index in [1.54, 1.807) is 33.9 Å².